The Hall–Kier alpha value is -0.920. The minimum absolute atomic E-state index is 0.256. The number of nitrogens with one attached hydrogen (secondary N) is 1. The van der Waals surface area contributed by atoms with Crippen LogP contribution in [-0.4, -0.2) is 94.2 Å². The number of aliphatic hydroxyl groups is 2. The molecule has 0 spiro atoms. The Bertz CT molecular complexity index is 1380. The average molecular weight is 661 g/mol. The van der Waals surface area contributed by atoms with Crippen molar-refractivity contribution in [2.75, 3.05) is 26.7 Å². The highest BCUT2D eigenvalue weighted by Gasteiger charge is 2.48. The van der Waals surface area contributed by atoms with Crippen LogP contribution in [0.3, 0.4) is 0 Å². The zero-order valence-corrected chi connectivity index (χ0v) is 23.9. The minimum atomic E-state index is -6.06. The topological polar surface area (TPSA) is 314 Å². The van der Waals surface area contributed by atoms with Crippen LogP contribution in [0.15, 0.2) is 15.8 Å². The van der Waals surface area contributed by atoms with E-state index >= 15 is 0 Å². The fraction of sp³-hybridized carbons (Fsp3) is 0.733. The third-order valence-electron chi connectivity index (χ3n) is 5.77. The molecular formula is C15H27N3O18P4. The van der Waals surface area contributed by atoms with Crippen molar-refractivity contribution < 1.29 is 75.1 Å². The molecule has 230 valence electrons. The number of rotatable bonds is 11. The van der Waals surface area contributed by atoms with Crippen LogP contribution in [-0.2, 0) is 40.5 Å². The molecule has 8 N–H and O–H groups in total. The fourth-order valence-corrected chi connectivity index (χ4v) is 8.47. The van der Waals surface area contributed by atoms with E-state index in [0.717, 1.165) is 0 Å². The molecule has 1 aromatic rings. The van der Waals surface area contributed by atoms with E-state index in [-0.39, 0.29) is 11.6 Å². The molecule has 0 saturated carbocycles. The van der Waals surface area contributed by atoms with Gasteiger partial charge >= 0.3 is 37.0 Å². The van der Waals surface area contributed by atoms with E-state index in [1.807, 2.05) is 11.9 Å². The number of phosphoric ester groups is 1. The van der Waals surface area contributed by atoms with E-state index in [0.29, 0.717) is 25.9 Å². The van der Waals surface area contributed by atoms with Crippen LogP contribution in [0.5, 0.6) is 0 Å². The predicted molar refractivity (Wildman–Crippen MR) is 127 cm³/mol. The Labute approximate surface area is 223 Å². The number of H-pyrrole nitrogens is 1. The molecule has 1 aromatic heterocycles. The zero-order valence-electron chi connectivity index (χ0n) is 20.3. The lowest BCUT2D eigenvalue weighted by molar-refractivity contribution is -0.0229. The van der Waals surface area contributed by atoms with Gasteiger partial charge in [0.1, 0.15) is 24.4 Å². The van der Waals surface area contributed by atoms with Gasteiger partial charge in [0, 0.05) is 12.2 Å². The first-order valence-electron chi connectivity index (χ1n) is 11.1. The molecule has 0 aliphatic carbocycles. The van der Waals surface area contributed by atoms with E-state index in [4.69, 9.17) is 19.4 Å². The molecule has 3 rings (SSSR count). The van der Waals surface area contributed by atoms with E-state index in [2.05, 4.69) is 22.4 Å². The lowest BCUT2D eigenvalue weighted by Gasteiger charge is -2.30. The second kappa shape index (κ2) is 12.4. The molecule has 0 amide bonds. The highest BCUT2D eigenvalue weighted by molar-refractivity contribution is 7.69. The lowest BCUT2D eigenvalue weighted by atomic mass is 10.0. The van der Waals surface area contributed by atoms with Crippen molar-refractivity contribution in [2.45, 2.75) is 43.3 Å². The number of piperidine rings is 1. The number of ether oxygens (including phenoxy) is 1. The van der Waals surface area contributed by atoms with Crippen LogP contribution in [0.4, 0.5) is 0 Å². The molecular weight excluding hydrogens is 634 g/mol. The second-order valence-electron chi connectivity index (χ2n) is 8.80. The third kappa shape index (κ3) is 9.04. The highest BCUT2D eigenvalue weighted by Crippen LogP contribution is 2.70. The normalized spacial score (nSPS) is 29.5. The molecule has 40 heavy (non-hydrogen) atoms. The van der Waals surface area contributed by atoms with Crippen molar-refractivity contribution in [3.63, 3.8) is 0 Å². The SMILES string of the molecule is CN1CCC(n2cc([C@@H]3O[C@H](COP(=O)(O)OP(=O)(O)OP(=O)(O)OP(=O)(O)O)[C@@H](O)[C@H]3O)c(=O)[nH]c2=O)CC1. The number of aromatic nitrogens is 2. The predicted octanol–water partition coefficient (Wildman–Crippen LogP) is -1.57. The first-order chi connectivity index (χ1) is 18.2. The monoisotopic (exact) mass is 661 g/mol. The standard InChI is InChI=1S/C15H27N3O18P4/c1-17-4-2-8(3-5-17)18-6-9(14(21)16-15(18)22)13-12(20)11(19)10(33-13)7-32-38(26,27)35-40(30,31)36-39(28,29)34-37(23,24)25/h6,8,10-13,19-20H,2-5,7H2,1H3,(H,26,27)(H,28,29)(H,30,31)(H,16,21,22)(H2,23,24,25)/t10-,11-,12-,13+/m1/s1. The van der Waals surface area contributed by atoms with Crippen molar-refractivity contribution in [3.05, 3.63) is 32.6 Å². The number of hydrogen-bond acceptors (Lipinski definition) is 14. The van der Waals surface area contributed by atoms with E-state index in [9.17, 15) is 47.8 Å². The number of phosphoric acid groups is 4. The third-order valence-corrected chi connectivity index (χ3v) is 11.2. The Balaban J connectivity index is 1.69. The Morgan fingerprint density at radius 3 is 2.05 bits per heavy atom. The van der Waals surface area contributed by atoms with E-state index in [1.54, 1.807) is 0 Å². The summed E-state index contributed by atoms with van der Waals surface area (Å²) in [6, 6.07) is -0.281. The molecule has 3 unspecified atom stereocenters. The van der Waals surface area contributed by atoms with Crippen LogP contribution in [0.1, 0.15) is 30.6 Å². The number of likely N-dealkylation sites (tertiary alicyclic amines) is 1. The molecule has 7 atom stereocenters. The van der Waals surface area contributed by atoms with Gasteiger partial charge in [-0.25, -0.2) is 23.1 Å². The number of aromatic amines is 1. The lowest BCUT2D eigenvalue weighted by Crippen LogP contribution is -2.40. The fourth-order valence-electron chi connectivity index (χ4n) is 4.01. The summed E-state index contributed by atoms with van der Waals surface area (Å²) in [5, 5.41) is 20.8. The van der Waals surface area contributed by atoms with Gasteiger partial charge in [-0.1, -0.05) is 0 Å². The van der Waals surface area contributed by atoms with Crippen molar-refractivity contribution in [1.29, 1.82) is 0 Å². The second-order valence-corrected chi connectivity index (χ2v) is 14.8. The quantitative estimate of drug-likeness (QED) is 0.124. The van der Waals surface area contributed by atoms with Crippen molar-refractivity contribution >= 4 is 31.3 Å². The zero-order chi connectivity index (χ0) is 30.3. The molecule has 2 saturated heterocycles. The molecule has 0 radical (unpaired) electrons. The first kappa shape index (κ1) is 33.6. The van der Waals surface area contributed by atoms with Crippen molar-refractivity contribution in [2.24, 2.45) is 0 Å². The van der Waals surface area contributed by atoms with E-state index < -0.39 is 73.6 Å². The molecule has 0 bridgehead atoms. The van der Waals surface area contributed by atoms with Gasteiger partial charge < -0.3 is 44.3 Å². The summed E-state index contributed by atoms with van der Waals surface area (Å²) in [7, 11) is -21.6. The Kier molecular flexibility index (Phi) is 10.4. The van der Waals surface area contributed by atoms with Crippen LogP contribution >= 0.6 is 31.3 Å². The van der Waals surface area contributed by atoms with Crippen molar-refractivity contribution in [3.8, 4) is 0 Å². The van der Waals surface area contributed by atoms with Gasteiger partial charge in [-0.05, 0) is 33.0 Å². The molecule has 3 heterocycles. The smallest absolute Gasteiger partial charge is 0.387 e. The number of nitrogens with zero attached hydrogens (tertiary/aromatic N) is 2. The number of aliphatic hydroxyl groups excluding tert-OH is 2. The summed E-state index contributed by atoms with van der Waals surface area (Å²) in [5.74, 6) is 0. The van der Waals surface area contributed by atoms with Gasteiger partial charge in [0.2, 0.25) is 0 Å². The van der Waals surface area contributed by atoms with Gasteiger partial charge in [-0.3, -0.25) is 18.9 Å². The summed E-state index contributed by atoms with van der Waals surface area (Å²) >= 11 is 0. The molecule has 2 aliphatic heterocycles. The average Bonchev–Trinajstić information content (AvgIpc) is 3.04. The Morgan fingerprint density at radius 2 is 1.48 bits per heavy atom. The maximum Gasteiger partial charge on any atom is 0.490 e. The molecule has 21 nitrogen and oxygen atoms in total. The van der Waals surface area contributed by atoms with Crippen LogP contribution in [0.25, 0.3) is 0 Å². The van der Waals surface area contributed by atoms with Crippen LogP contribution < -0.4 is 11.2 Å². The summed E-state index contributed by atoms with van der Waals surface area (Å²) < 4.78 is 67.5. The summed E-state index contributed by atoms with van der Waals surface area (Å²) in [5.41, 5.74) is -1.90. The van der Waals surface area contributed by atoms with Crippen LogP contribution in [0.2, 0.25) is 0 Å². The minimum Gasteiger partial charge on any atom is -0.387 e. The van der Waals surface area contributed by atoms with Gasteiger partial charge in [0.15, 0.2) is 0 Å². The van der Waals surface area contributed by atoms with Crippen LogP contribution in [0, 0.1) is 0 Å². The van der Waals surface area contributed by atoms with Crippen molar-refractivity contribution in [1.82, 2.24) is 14.5 Å². The van der Waals surface area contributed by atoms with Gasteiger partial charge in [-0.2, -0.15) is 12.9 Å². The van der Waals surface area contributed by atoms with Gasteiger partial charge in [0.05, 0.1) is 12.2 Å². The first-order valence-corrected chi connectivity index (χ1v) is 17.1. The molecule has 2 fully saturated rings. The summed E-state index contributed by atoms with van der Waals surface area (Å²) in [6.45, 7) is 0.215. The maximum absolute atomic E-state index is 12.5. The number of hydrogen-bond donors (Lipinski definition) is 8. The summed E-state index contributed by atoms with van der Waals surface area (Å²) in [4.78, 5) is 74.2. The molecule has 25 heteroatoms. The van der Waals surface area contributed by atoms with E-state index in [1.165, 1.54) is 10.8 Å². The molecule has 2 aliphatic rings. The Morgan fingerprint density at radius 1 is 0.925 bits per heavy atom. The largest absolute Gasteiger partial charge is 0.490 e. The van der Waals surface area contributed by atoms with Gasteiger partial charge in [-0.15, -0.1) is 0 Å². The van der Waals surface area contributed by atoms with Gasteiger partial charge in [0.25, 0.3) is 5.56 Å². The molecule has 0 aromatic carbocycles. The maximum atomic E-state index is 12.5. The summed E-state index contributed by atoms with van der Waals surface area (Å²) in [6.07, 6.45) is -4.55. The highest BCUT2D eigenvalue weighted by atomic mass is 31.3.